The third-order valence-corrected chi connectivity index (χ3v) is 3.08. The molecule has 0 aliphatic carbocycles. The van der Waals surface area contributed by atoms with E-state index < -0.39 is 0 Å². The van der Waals surface area contributed by atoms with Gasteiger partial charge in [0, 0.05) is 12.1 Å². The molecule has 1 aliphatic rings. The Labute approximate surface area is 111 Å². The fraction of sp³-hybridized carbons (Fsp3) is 0.429. The molecular weight excluding hydrogens is 246 g/mol. The second-order valence-corrected chi connectivity index (χ2v) is 4.60. The lowest BCUT2D eigenvalue weighted by atomic mass is 10.0. The highest BCUT2D eigenvalue weighted by atomic mass is 16.5. The lowest BCUT2D eigenvalue weighted by Gasteiger charge is -2.18. The summed E-state index contributed by atoms with van der Waals surface area (Å²) in [7, 11) is 1.36. The Morgan fingerprint density at radius 1 is 1.42 bits per heavy atom. The van der Waals surface area contributed by atoms with Gasteiger partial charge in [-0.2, -0.15) is 0 Å². The van der Waals surface area contributed by atoms with E-state index in [1.165, 1.54) is 7.11 Å². The normalized spacial score (nSPS) is 15.2. The van der Waals surface area contributed by atoms with Crippen LogP contribution in [0.5, 0.6) is 5.75 Å². The number of fused-ring (bicyclic) bond motifs is 1. The van der Waals surface area contributed by atoms with E-state index in [-0.39, 0.29) is 24.4 Å². The summed E-state index contributed by atoms with van der Waals surface area (Å²) in [5, 5.41) is 2.81. The molecule has 0 bridgehead atoms. The average molecular weight is 263 g/mol. The van der Waals surface area contributed by atoms with Crippen LogP contribution >= 0.6 is 0 Å². The molecule has 1 aliphatic heterocycles. The van der Waals surface area contributed by atoms with Crippen LogP contribution in [0.3, 0.4) is 0 Å². The number of carbonyl (C=O) groups excluding carboxylic acids is 2. The molecule has 1 amide bonds. The fourth-order valence-electron chi connectivity index (χ4n) is 1.94. The van der Waals surface area contributed by atoms with E-state index >= 15 is 0 Å². The van der Waals surface area contributed by atoms with Crippen LogP contribution in [-0.2, 0) is 20.7 Å². The quantitative estimate of drug-likeness (QED) is 0.841. The van der Waals surface area contributed by atoms with Gasteiger partial charge in [0.2, 0.25) is 5.91 Å². The van der Waals surface area contributed by atoms with Gasteiger partial charge in [0.1, 0.15) is 12.4 Å². The predicted molar refractivity (Wildman–Crippen MR) is 70.1 cm³/mol. The number of anilines is 1. The Balaban J connectivity index is 1.99. The molecule has 1 aromatic rings. The van der Waals surface area contributed by atoms with Crippen molar-refractivity contribution in [2.24, 2.45) is 5.92 Å². The second-order valence-electron chi connectivity index (χ2n) is 4.60. The minimum atomic E-state index is -0.305. The molecule has 0 spiro atoms. The monoisotopic (exact) mass is 263 g/mol. The number of carbonyl (C=O) groups is 2. The SMILES string of the molecule is COC(=O)C(C)COc1ccc2c(c1)CCC(=O)N2. The molecule has 0 radical (unpaired) electrons. The summed E-state index contributed by atoms with van der Waals surface area (Å²) in [6.07, 6.45) is 1.21. The van der Waals surface area contributed by atoms with Gasteiger partial charge in [-0.15, -0.1) is 0 Å². The summed E-state index contributed by atoms with van der Waals surface area (Å²) in [6.45, 7) is 2.03. The van der Waals surface area contributed by atoms with Gasteiger partial charge in [0.15, 0.2) is 0 Å². The molecule has 0 fully saturated rings. The molecule has 0 saturated heterocycles. The molecule has 0 aromatic heterocycles. The zero-order valence-electron chi connectivity index (χ0n) is 11.1. The molecule has 2 rings (SSSR count). The standard InChI is InChI=1S/C14H17NO4/c1-9(14(17)18-2)8-19-11-4-5-12-10(7-11)3-6-13(16)15-12/h4-5,7,9H,3,6,8H2,1-2H3,(H,15,16). The summed E-state index contributed by atoms with van der Waals surface area (Å²) < 4.78 is 10.2. The fourth-order valence-corrected chi connectivity index (χ4v) is 1.94. The van der Waals surface area contributed by atoms with Gasteiger partial charge in [-0.3, -0.25) is 9.59 Å². The van der Waals surface area contributed by atoms with Gasteiger partial charge >= 0.3 is 5.97 Å². The number of amides is 1. The van der Waals surface area contributed by atoms with Crippen LogP contribution in [0.4, 0.5) is 5.69 Å². The maximum absolute atomic E-state index is 11.3. The lowest BCUT2D eigenvalue weighted by Crippen LogP contribution is -2.21. The van der Waals surface area contributed by atoms with Crippen molar-refractivity contribution in [2.45, 2.75) is 19.8 Å². The molecule has 0 saturated carbocycles. The van der Waals surface area contributed by atoms with Crippen molar-refractivity contribution in [2.75, 3.05) is 19.0 Å². The Morgan fingerprint density at radius 3 is 2.95 bits per heavy atom. The number of benzene rings is 1. The lowest BCUT2D eigenvalue weighted by molar-refractivity contribution is -0.145. The molecule has 5 heteroatoms. The van der Waals surface area contributed by atoms with Crippen LogP contribution in [0.15, 0.2) is 18.2 Å². The van der Waals surface area contributed by atoms with Crippen molar-refractivity contribution >= 4 is 17.6 Å². The number of methoxy groups -OCH3 is 1. The Bertz CT molecular complexity index is 498. The van der Waals surface area contributed by atoms with E-state index in [2.05, 4.69) is 10.1 Å². The van der Waals surface area contributed by atoms with Crippen molar-refractivity contribution in [1.29, 1.82) is 0 Å². The summed E-state index contributed by atoms with van der Waals surface area (Å²) >= 11 is 0. The van der Waals surface area contributed by atoms with Crippen LogP contribution in [0.1, 0.15) is 18.9 Å². The van der Waals surface area contributed by atoms with E-state index in [1.807, 2.05) is 12.1 Å². The molecular formula is C14H17NO4. The number of rotatable bonds is 4. The predicted octanol–water partition coefficient (Wildman–Crippen LogP) is 1.76. The topological polar surface area (TPSA) is 64.6 Å². The van der Waals surface area contributed by atoms with Crippen LogP contribution in [0.2, 0.25) is 0 Å². The van der Waals surface area contributed by atoms with Gasteiger partial charge in [0.05, 0.1) is 13.0 Å². The van der Waals surface area contributed by atoms with Crippen molar-refractivity contribution < 1.29 is 19.1 Å². The van der Waals surface area contributed by atoms with E-state index in [1.54, 1.807) is 13.0 Å². The van der Waals surface area contributed by atoms with E-state index in [9.17, 15) is 9.59 Å². The zero-order chi connectivity index (χ0) is 13.8. The molecule has 102 valence electrons. The van der Waals surface area contributed by atoms with Gasteiger partial charge in [-0.1, -0.05) is 0 Å². The van der Waals surface area contributed by atoms with Crippen LogP contribution < -0.4 is 10.1 Å². The molecule has 1 atom stereocenters. The van der Waals surface area contributed by atoms with Crippen molar-refractivity contribution in [3.63, 3.8) is 0 Å². The number of hydrogen-bond acceptors (Lipinski definition) is 4. The van der Waals surface area contributed by atoms with E-state index in [0.29, 0.717) is 18.6 Å². The highest BCUT2D eigenvalue weighted by molar-refractivity contribution is 5.94. The van der Waals surface area contributed by atoms with Gasteiger partial charge in [-0.25, -0.2) is 0 Å². The van der Waals surface area contributed by atoms with Gasteiger partial charge in [0.25, 0.3) is 0 Å². The maximum Gasteiger partial charge on any atom is 0.311 e. The highest BCUT2D eigenvalue weighted by Crippen LogP contribution is 2.27. The molecule has 1 N–H and O–H groups in total. The number of hydrogen-bond donors (Lipinski definition) is 1. The first-order valence-corrected chi connectivity index (χ1v) is 6.23. The third-order valence-electron chi connectivity index (χ3n) is 3.08. The summed E-state index contributed by atoms with van der Waals surface area (Å²) in [4.78, 5) is 22.5. The van der Waals surface area contributed by atoms with E-state index in [4.69, 9.17) is 4.74 Å². The molecule has 19 heavy (non-hydrogen) atoms. The maximum atomic E-state index is 11.3. The smallest absolute Gasteiger partial charge is 0.311 e. The summed E-state index contributed by atoms with van der Waals surface area (Å²) in [6, 6.07) is 5.51. The average Bonchev–Trinajstić information content (AvgIpc) is 2.43. The van der Waals surface area contributed by atoms with E-state index in [0.717, 1.165) is 11.3 Å². The molecule has 1 heterocycles. The molecule has 1 unspecified atom stereocenters. The number of esters is 1. The van der Waals surface area contributed by atoms with Crippen molar-refractivity contribution in [1.82, 2.24) is 0 Å². The number of nitrogens with one attached hydrogen (secondary N) is 1. The minimum absolute atomic E-state index is 0.0421. The van der Waals surface area contributed by atoms with Crippen LogP contribution in [0, 0.1) is 5.92 Å². The Hall–Kier alpha value is -2.04. The number of ether oxygens (including phenoxy) is 2. The van der Waals surface area contributed by atoms with Crippen LogP contribution in [-0.4, -0.2) is 25.6 Å². The zero-order valence-corrected chi connectivity index (χ0v) is 11.1. The second kappa shape index (κ2) is 5.73. The molecule has 1 aromatic carbocycles. The highest BCUT2D eigenvalue weighted by Gasteiger charge is 2.17. The number of aryl methyl sites for hydroxylation is 1. The summed E-state index contributed by atoms with van der Waals surface area (Å²) in [5.41, 5.74) is 1.90. The Kier molecular flexibility index (Phi) is 4.04. The summed E-state index contributed by atoms with van der Waals surface area (Å²) in [5.74, 6) is 0.150. The van der Waals surface area contributed by atoms with Crippen molar-refractivity contribution in [3.05, 3.63) is 23.8 Å². The Morgan fingerprint density at radius 2 is 2.21 bits per heavy atom. The van der Waals surface area contributed by atoms with Gasteiger partial charge < -0.3 is 14.8 Å². The first-order chi connectivity index (χ1) is 9.10. The largest absolute Gasteiger partial charge is 0.493 e. The first-order valence-electron chi connectivity index (χ1n) is 6.23. The third kappa shape index (κ3) is 3.24. The van der Waals surface area contributed by atoms with Crippen molar-refractivity contribution in [3.8, 4) is 5.75 Å². The molecule has 5 nitrogen and oxygen atoms in total. The first kappa shape index (κ1) is 13.4. The minimum Gasteiger partial charge on any atom is -0.493 e. The van der Waals surface area contributed by atoms with Crippen LogP contribution in [0.25, 0.3) is 0 Å². The van der Waals surface area contributed by atoms with Gasteiger partial charge in [-0.05, 0) is 37.1 Å².